The summed E-state index contributed by atoms with van der Waals surface area (Å²) in [5.41, 5.74) is 2.77. The number of hydrogen-bond acceptors (Lipinski definition) is 6. The van der Waals surface area contributed by atoms with E-state index in [2.05, 4.69) is 26.3 Å². The molecule has 0 aliphatic carbocycles. The number of aromatic nitrogens is 3. The van der Waals surface area contributed by atoms with Crippen LogP contribution in [0.4, 0.5) is 11.6 Å². The predicted molar refractivity (Wildman–Crippen MR) is 108 cm³/mol. The molecular weight excluding hydrogens is 374 g/mol. The van der Waals surface area contributed by atoms with Gasteiger partial charge in [-0.25, -0.2) is 4.98 Å². The highest BCUT2D eigenvalue weighted by molar-refractivity contribution is 6.30. The van der Waals surface area contributed by atoms with Crippen LogP contribution in [0.3, 0.4) is 0 Å². The SMILES string of the molecule is Cc1c(Cl)nc(Nc2ccc(C#N)cc2)nc1Oc1ccc2cccnc2c1. The molecule has 0 saturated heterocycles. The van der Waals surface area contributed by atoms with E-state index >= 15 is 0 Å². The number of anilines is 2. The molecule has 0 amide bonds. The zero-order valence-electron chi connectivity index (χ0n) is 14.8. The van der Waals surface area contributed by atoms with Gasteiger partial charge in [-0.3, -0.25) is 4.98 Å². The van der Waals surface area contributed by atoms with Gasteiger partial charge in [0, 0.05) is 28.9 Å². The Morgan fingerprint density at radius 1 is 1.07 bits per heavy atom. The average molecular weight is 388 g/mol. The van der Waals surface area contributed by atoms with E-state index in [-0.39, 0.29) is 0 Å². The van der Waals surface area contributed by atoms with Crippen LogP contribution >= 0.6 is 11.6 Å². The first-order chi connectivity index (χ1) is 13.6. The van der Waals surface area contributed by atoms with Gasteiger partial charge in [-0.2, -0.15) is 10.2 Å². The quantitative estimate of drug-likeness (QED) is 0.472. The third-order valence-electron chi connectivity index (χ3n) is 4.10. The molecule has 136 valence electrons. The van der Waals surface area contributed by atoms with Crippen molar-refractivity contribution in [3.8, 4) is 17.7 Å². The van der Waals surface area contributed by atoms with Crippen LogP contribution in [-0.2, 0) is 0 Å². The molecule has 0 fully saturated rings. The molecule has 4 aromatic rings. The summed E-state index contributed by atoms with van der Waals surface area (Å²) < 4.78 is 5.95. The second-order valence-electron chi connectivity index (χ2n) is 6.04. The Balaban J connectivity index is 1.63. The van der Waals surface area contributed by atoms with Gasteiger partial charge in [-0.05, 0) is 49.4 Å². The maximum absolute atomic E-state index is 8.89. The molecule has 6 nitrogen and oxygen atoms in total. The number of nitrogens with one attached hydrogen (secondary N) is 1. The molecule has 0 aliphatic heterocycles. The van der Waals surface area contributed by atoms with Gasteiger partial charge in [0.25, 0.3) is 0 Å². The summed E-state index contributed by atoms with van der Waals surface area (Å²) in [5, 5.41) is 13.3. The van der Waals surface area contributed by atoms with E-state index < -0.39 is 0 Å². The number of nitriles is 1. The van der Waals surface area contributed by atoms with Crippen molar-refractivity contribution in [3.63, 3.8) is 0 Å². The molecule has 0 aliphatic rings. The Morgan fingerprint density at radius 2 is 1.89 bits per heavy atom. The molecule has 28 heavy (non-hydrogen) atoms. The van der Waals surface area contributed by atoms with Gasteiger partial charge in [0.15, 0.2) is 0 Å². The van der Waals surface area contributed by atoms with Crippen molar-refractivity contribution in [1.82, 2.24) is 15.0 Å². The molecule has 7 heteroatoms. The van der Waals surface area contributed by atoms with Gasteiger partial charge in [0.2, 0.25) is 11.8 Å². The largest absolute Gasteiger partial charge is 0.438 e. The van der Waals surface area contributed by atoms with Gasteiger partial charge >= 0.3 is 0 Å². The first kappa shape index (κ1) is 17.7. The molecule has 0 unspecified atom stereocenters. The second kappa shape index (κ2) is 7.51. The van der Waals surface area contributed by atoms with E-state index in [4.69, 9.17) is 21.6 Å². The summed E-state index contributed by atoms with van der Waals surface area (Å²) in [6.45, 7) is 1.79. The van der Waals surface area contributed by atoms with Crippen molar-refractivity contribution in [2.75, 3.05) is 5.32 Å². The fourth-order valence-electron chi connectivity index (χ4n) is 2.60. The lowest BCUT2D eigenvalue weighted by molar-refractivity contribution is 0.459. The second-order valence-corrected chi connectivity index (χ2v) is 6.40. The third kappa shape index (κ3) is 3.70. The minimum absolute atomic E-state index is 0.292. The maximum atomic E-state index is 8.89. The van der Waals surface area contributed by atoms with Gasteiger partial charge in [0.05, 0.1) is 17.1 Å². The summed E-state index contributed by atoms with van der Waals surface area (Å²) in [6.07, 6.45) is 1.73. The topological polar surface area (TPSA) is 83.7 Å². The van der Waals surface area contributed by atoms with Crippen LogP contribution in [0.5, 0.6) is 11.6 Å². The molecule has 0 atom stereocenters. The van der Waals surface area contributed by atoms with E-state index in [0.717, 1.165) is 16.6 Å². The monoisotopic (exact) mass is 387 g/mol. The highest BCUT2D eigenvalue weighted by Gasteiger charge is 2.12. The molecule has 2 heterocycles. The van der Waals surface area contributed by atoms with Crippen LogP contribution in [0.25, 0.3) is 10.9 Å². The van der Waals surface area contributed by atoms with Crippen molar-refractivity contribution in [1.29, 1.82) is 5.26 Å². The highest BCUT2D eigenvalue weighted by atomic mass is 35.5. The van der Waals surface area contributed by atoms with E-state index in [1.807, 2.05) is 30.3 Å². The Labute approximate surface area is 166 Å². The number of hydrogen-bond donors (Lipinski definition) is 1. The Kier molecular flexibility index (Phi) is 4.75. The van der Waals surface area contributed by atoms with E-state index in [1.165, 1.54) is 0 Å². The lowest BCUT2D eigenvalue weighted by Gasteiger charge is -2.12. The van der Waals surface area contributed by atoms with Crippen molar-refractivity contribution in [3.05, 3.63) is 77.1 Å². The zero-order valence-corrected chi connectivity index (χ0v) is 15.6. The predicted octanol–water partition coefficient (Wildman–Crippen LogP) is 5.39. The van der Waals surface area contributed by atoms with Crippen LogP contribution in [0.2, 0.25) is 5.15 Å². The number of ether oxygens (including phenoxy) is 1. The van der Waals surface area contributed by atoms with Crippen LogP contribution < -0.4 is 10.1 Å². The van der Waals surface area contributed by atoms with Gasteiger partial charge < -0.3 is 10.1 Å². The molecule has 2 aromatic heterocycles. The van der Waals surface area contributed by atoms with Crippen molar-refractivity contribution >= 4 is 34.1 Å². The van der Waals surface area contributed by atoms with E-state index in [1.54, 1.807) is 37.4 Å². The van der Waals surface area contributed by atoms with E-state index in [0.29, 0.717) is 33.9 Å². The molecule has 0 radical (unpaired) electrons. The first-order valence-electron chi connectivity index (χ1n) is 8.46. The number of pyridine rings is 1. The Hall–Kier alpha value is -3.69. The maximum Gasteiger partial charge on any atom is 0.231 e. The smallest absolute Gasteiger partial charge is 0.231 e. The number of halogens is 1. The minimum Gasteiger partial charge on any atom is -0.438 e. The summed E-state index contributed by atoms with van der Waals surface area (Å²) in [7, 11) is 0. The Morgan fingerprint density at radius 3 is 2.68 bits per heavy atom. The average Bonchev–Trinajstić information content (AvgIpc) is 2.72. The van der Waals surface area contributed by atoms with Crippen LogP contribution in [-0.4, -0.2) is 15.0 Å². The number of fused-ring (bicyclic) bond motifs is 1. The molecule has 0 spiro atoms. The number of benzene rings is 2. The zero-order chi connectivity index (χ0) is 19.5. The fourth-order valence-corrected chi connectivity index (χ4v) is 2.76. The molecular formula is C21H14ClN5O. The van der Waals surface area contributed by atoms with Crippen LogP contribution in [0.1, 0.15) is 11.1 Å². The number of nitrogens with zero attached hydrogens (tertiary/aromatic N) is 4. The first-order valence-corrected chi connectivity index (χ1v) is 8.84. The summed E-state index contributed by atoms with van der Waals surface area (Å²) in [6, 6.07) is 18.5. The number of rotatable bonds is 4. The molecule has 2 aromatic carbocycles. The highest BCUT2D eigenvalue weighted by Crippen LogP contribution is 2.30. The third-order valence-corrected chi connectivity index (χ3v) is 4.47. The van der Waals surface area contributed by atoms with Crippen molar-refractivity contribution in [2.24, 2.45) is 0 Å². The van der Waals surface area contributed by atoms with Crippen LogP contribution in [0.15, 0.2) is 60.8 Å². The lowest BCUT2D eigenvalue weighted by atomic mass is 10.2. The van der Waals surface area contributed by atoms with E-state index in [9.17, 15) is 0 Å². The van der Waals surface area contributed by atoms with Crippen molar-refractivity contribution < 1.29 is 4.74 Å². The van der Waals surface area contributed by atoms with Crippen molar-refractivity contribution in [2.45, 2.75) is 6.92 Å². The fraction of sp³-hybridized carbons (Fsp3) is 0.0476. The molecule has 4 rings (SSSR count). The minimum atomic E-state index is 0.292. The summed E-state index contributed by atoms with van der Waals surface area (Å²) in [5.74, 6) is 1.26. The van der Waals surface area contributed by atoms with Gasteiger partial charge in [-0.15, -0.1) is 0 Å². The molecule has 1 N–H and O–H groups in total. The standard InChI is InChI=1S/C21H14ClN5O/c1-13-19(22)26-21(25-16-7-4-14(12-23)5-8-16)27-20(13)28-17-9-6-15-3-2-10-24-18(15)11-17/h2-11H,1H3,(H,25,26,27). The molecule has 0 saturated carbocycles. The summed E-state index contributed by atoms with van der Waals surface area (Å²) in [4.78, 5) is 13.0. The summed E-state index contributed by atoms with van der Waals surface area (Å²) >= 11 is 6.27. The van der Waals surface area contributed by atoms with Crippen LogP contribution in [0, 0.1) is 18.3 Å². The normalized spacial score (nSPS) is 10.5. The lowest BCUT2D eigenvalue weighted by Crippen LogP contribution is -2.01. The van der Waals surface area contributed by atoms with Gasteiger partial charge in [0.1, 0.15) is 10.9 Å². The Bertz CT molecular complexity index is 1200. The molecule has 0 bridgehead atoms. The van der Waals surface area contributed by atoms with Gasteiger partial charge in [-0.1, -0.05) is 17.7 Å².